The Morgan fingerprint density at radius 3 is 2.47 bits per heavy atom. The topological polar surface area (TPSA) is 138 Å². The molecule has 9 nitrogen and oxygen atoms in total. The molecule has 1 amide bonds. The molecular formula is C6H9N7O2. The SMILES string of the molecule is [N-]=[N+]=NC1CCN(C(=O)O)CC1N=[N+]=[N-]. The number of carbonyl (C=O) groups is 1. The van der Waals surface area contributed by atoms with E-state index in [0.717, 1.165) is 4.90 Å². The average molecular weight is 211 g/mol. The number of nitrogens with zero attached hydrogens (tertiary/aromatic N) is 7. The highest BCUT2D eigenvalue weighted by Crippen LogP contribution is 2.17. The van der Waals surface area contributed by atoms with Crippen molar-refractivity contribution in [3.05, 3.63) is 20.9 Å². The molecule has 2 unspecified atom stereocenters. The van der Waals surface area contributed by atoms with Gasteiger partial charge in [0.25, 0.3) is 0 Å². The minimum Gasteiger partial charge on any atom is -0.465 e. The van der Waals surface area contributed by atoms with Gasteiger partial charge in [-0.3, -0.25) is 0 Å². The first-order chi connectivity index (χ1) is 7.19. The lowest BCUT2D eigenvalue weighted by Crippen LogP contribution is -2.46. The fourth-order valence-electron chi connectivity index (χ4n) is 1.47. The second-order valence-electron chi connectivity index (χ2n) is 3.06. The third-order valence-corrected chi connectivity index (χ3v) is 2.22. The summed E-state index contributed by atoms with van der Waals surface area (Å²) in [5.74, 6) is 0. The maximum Gasteiger partial charge on any atom is 0.407 e. The number of likely N-dealkylation sites (tertiary alicyclic amines) is 1. The number of rotatable bonds is 2. The van der Waals surface area contributed by atoms with Crippen LogP contribution >= 0.6 is 0 Å². The molecular weight excluding hydrogens is 202 g/mol. The van der Waals surface area contributed by atoms with E-state index in [1.165, 1.54) is 0 Å². The third-order valence-electron chi connectivity index (χ3n) is 2.22. The maximum atomic E-state index is 10.7. The number of carboxylic acid groups (broad SMARTS) is 1. The highest BCUT2D eigenvalue weighted by Gasteiger charge is 2.29. The predicted molar refractivity (Wildman–Crippen MR) is 50.1 cm³/mol. The first kappa shape index (κ1) is 11.0. The molecule has 0 bridgehead atoms. The molecule has 0 saturated carbocycles. The first-order valence-electron chi connectivity index (χ1n) is 4.25. The van der Waals surface area contributed by atoms with Crippen LogP contribution in [0.5, 0.6) is 0 Å². The molecule has 1 fully saturated rings. The van der Waals surface area contributed by atoms with Gasteiger partial charge in [0.05, 0.1) is 6.04 Å². The maximum absolute atomic E-state index is 10.7. The number of amides is 1. The van der Waals surface area contributed by atoms with E-state index in [9.17, 15) is 4.79 Å². The molecule has 0 radical (unpaired) electrons. The number of azide groups is 2. The zero-order valence-electron chi connectivity index (χ0n) is 7.76. The molecule has 15 heavy (non-hydrogen) atoms. The van der Waals surface area contributed by atoms with Crippen LogP contribution in [0.25, 0.3) is 20.9 Å². The van der Waals surface area contributed by atoms with Gasteiger partial charge in [0.2, 0.25) is 0 Å². The van der Waals surface area contributed by atoms with Gasteiger partial charge in [0.15, 0.2) is 0 Å². The molecule has 0 aromatic carbocycles. The van der Waals surface area contributed by atoms with Crippen LogP contribution in [0, 0.1) is 0 Å². The standard InChI is InChI=1S/C6H9N7O2/c7-11-9-4-1-2-13(6(14)15)3-5(4)10-12-8/h4-5H,1-3H2,(H,14,15). The molecule has 0 aromatic heterocycles. The lowest BCUT2D eigenvalue weighted by molar-refractivity contribution is 0.126. The summed E-state index contributed by atoms with van der Waals surface area (Å²) in [7, 11) is 0. The summed E-state index contributed by atoms with van der Waals surface area (Å²) >= 11 is 0. The van der Waals surface area contributed by atoms with Gasteiger partial charge in [-0.05, 0) is 17.5 Å². The van der Waals surface area contributed by atoms with Crippen molar-refractivity contribution in [2.24, 2.45) is 10.2 Å². The third kappa shape index (κ3) is 2.67. The van der Waals surface area contributed by atoms with Crippen LogP contribution in [0.3, 0.4) is 0 Å². The summed E-state index contributed by atoms with van der Waals surface area (Å²) in [4.78, 5) is 17.0. The fraction of sp³-hybridized carbons (Fsp3) is 0.833. The molecule has 1 rings (SSSR count). The lowest BCUT2D eigenvalue weighted by Gasteiger charge is -2.32. The van der Waals surface area contributed by atoms with E-state index in [1.54, 1.807) is 0 Å². The molecule has 0 aromatic rings. The summed E-state index contributed by atoms with van der Waals surface area (Å²) in [6.45, 7) is 0.361. The van der Waals surface area contributed by atoms with Gasteiger partial charge in [-0.1, -0.05) is 10.2 Å². The normalized spacial score (nSPS) is 24.9. The average Bonchev–Trinajstić information content (AvgIpc) is 2.21. The van der Waals surface area contributed by atoms with Crippen molar-refractivity contribution in [3.63, 3.8) is 0 Å². The lowest BCUT2D eigenvalue weighted by atomic mass is 10.0. The molecule has 1 saturated heterocycles. The highest BCUT2D eigenvalue weighted by molar-refractivity contribution is 5.65. The van der Waals surface area contributed by atoms with Crippen LogP contribution < -0.4 is 0 Å². The molecule has 1 heterocycles. The van der Waals surface area contributed by atoms with E-state index in [0.29, 0.717) is 6.42 Å². The molecule has 1 N–H and O–H groups in total. The van der Waals surface area contributed by atoms with Crippen molar-refractivity contribution in [3.8, 4) is 0 Å². The second kappa shape index (κ2) is 4.94. The van der Waals surface area contributed by atoms with Crippen LogP contribution in [0.2, 0.25) is 0 Å². The van der Waals surface area contributed by atoms with E-state index < -0.39 is 18.2 Å². The summed E-state index contributed by atoms with van der Waals surface area (Å²) in [5, 5.41) is 15.6. The van der Waals surface area contributed by atoms with Crippen LogP contribution in [0.1, 0.15) is 6.42 Å². The predicted octanol–water partition coefficient (Wildman–Crippen LogP) is 1.73. The Morgan fingerprint density at radius 2 is 1.93 bits per heavy atom. The molecule has 80 valence electrons. The van der Waals surface area contributed by atoms with Crippen LogP contribution in [0.4, 0.5) is 4.79 Å². The molecule has 0 aliphatic carbocycles. The zero-order chi connectivity index (χ0) is 11.3. The van der Waals surface area contributed by atoms with Gasteiger partial charge in [-0.2, -0.15) is 0 Å². The molecule has 1 aliphatic heterocycles. The van der Waals surface area contributed by atoms with Crippen molar-refractivity contribution < 1.29 is 9.90 Å². The van der Waals surface area contributed by atoms with Gasteiger partial charge in [0.1, 0.15) is 0 Å². The fourth-order valence-corrected chi connectivity index (χ4v) is 1.47. The van der Waals surface area contributed by atoms with Crippen LogP contribution in [-0.4, -0.2) is 41.3 Å². The Kier molecular flexibility index (Phi) is 3.61. The Bertz CT molecular complexity index is 343. The summed E-state index contributed by atoms with van der Waals surface area (Å²) in [5.41, 5.74) is 16.6. The Morgan fingerprint density at radius 1 is 1.33 bits per heavy atom. The largest absolute Gasteiger partial charge is 0.465 e. The van der Waals surface area contributed by atoms with Crippen molar-refractivity contribution in [2.45, 2.75) is 18.5 Å². The van der Waals surface area contributed by atoms with Gasteiger partial charge >= 0.3 is 6.09 Å². The Balaban J connectivity index is 2.77. The van der Waals surface area contributed by atoms with E-state index in [1.807, 2.05) is 0 Å². The van der Waals surface area contributed by atoms with Gasteiger partial charge in [0, 0.05) is 29.0 Å². The van der Waals surface area contributed by atoms with Crippen LogP contribution in [-0.2, 0) is 0 Å². The second-order valence-corrected chi connectivity index (χ2v) is 3.06. The van der Waals surface area contributed by atoms with E-state index in [2.05, 4.69) is 20.1 Å². The van der Waals surface area contributed by atoms with Crippen molar-refractivity contribution in [1.29, 1.82) is 0 Å². The summed E-state index contributed by atoms with van der Waals surface area (Å²) in [6, 6.07) is -1.07. The molecule has 9 heteroatoms. The van der Waals surface area contributed by atoms with Crippen molar-refractivity contribution in [2.75, 3.05) is 13.1 Å². The quantitative estimate of drug-likeness (QED) is 0.422. The summed E-state index contributed by atoms with van der Waals surface area (Å²) < 4.78 is 0. The minimum atomic E-state index is -1.06. The summed E-state index contributed by atoms with van der Waals surface area (Å²) in [6.07, 6.45) is -0.687. The zero-order valence-corrected chi connectivity index (χ0v) is 7.76. The highest BCUT2D eigenvalue weighted by atomic mass is 16.4. The molecule has 2 atom stereocenters. The number of hydrogen-bond donors (Lipinski definition) is 1. The smallest absolute Gasteiger partial charge is 0.407 e. The van der Waals surface area contributed by atoms with Crippen molar-refractivity contribution >= 4 is 6.09 Å². The first-order valence-corrected chi connectivity index (χ1v) is 4.25. The Hall–Kier alpha value is -2.11. The molecule has 1 aliphatic rings. The van der Waals surface area contributed by atoms with Gasteiger partial charge in [-0.25, -0.2) is 4.79 Å². The Labute approximate surface area is 84.5 Å². The minimum absolute atomic E-state index is 0.0725. The monoisotopic (exact) mass is 211 g/mol. The van der Waals surface area contributed by atoms with E-state index >= 15 is 0 Å². The van der Waals surface area contributed by atoms with Gasteiger partial charge < -0.3 is 10.0 Å². The number of piperidine rings is 1. The number of hydrogen-bond acceptors (Lipinski definition) is 3. The van der Waals surface area contributed by atoms with E-state index in [-0.39, 0.29) is 13.1 Å². The molecule has 0 spiro atoms. The van der Waals surface area contributed by atoms with Crippen LogP contribution in [0.15, 0.2) is 10.2 Å². The van der Waals surface area contributed by atoms with E-state index in [4.69, 9.17) is 16.2 Å². The van der Waals surface area contributed by atoms with Gasteiger partial charge in [-0.15, -0.1) is 0 Å². The van der Waals surface area contributed by atoms with Crippen molar-refractivity contribution in [1.82, 2.24) is 4.90 Å².